The van der Waals surface area contributed by atoms with Gasteiger partial charge in [0, 0.05) is 19.7 Å². The molecule has 2 aliphatic heterocycles. The Morgan fingerprint density at radius 3 is 3.18 bits per heavy atom. The van der Waals surface area contributed by atoms with Crippen LogP contribution in [0.15, 0.2) is 12.4 Å². The van der Waals surface area contributed by atoms with Gasteiger partial charge in [0.05, 0.1) is 12.6 Å². The SMILES string of the molecule is CNc1cc(N2C[C@@H]3NC(=O)O[C@@H]3C2)ncn1. The summed E-state index contributed by atoms with van der Waals surface area (Å²) < 4.78 is 5.14. The molecule has 2 atom stereocenters. The topological polar surface area (TPSA) is 79.4 Å². The molecule has 0 aliphatic carbocycles. The Balaban J connectivity index is 1.76. The number of carbonyl (C=O) groups is 1. The summed E-state index contributed by atoms with van der Waals surface area (Å²) in [6, 6.07) is 1.94. The summed E-state index contributed by atoms with van der Waals surface area (Å²) >= 11 is 0. The van der Waals surface area contributed by atoms with E-state index in [0.29, 0.717) is 6.54 Å². The zero-order valence-electron chi connectivity index (χ0n) is 9.38. The number of fused-ring (bicyclic) bond motifs is 1. The third-order valence-electron chi connectivity index (χ3n) is 3.06. The third kappa shape index (κ3) is 1.73. The first kappa shape index (κ1) is 10.1. The number of amides is 1. The first-order chi connectivity index (χ1) is 8.26. The highest BCUT2D eigenvalue weighted by Crippen LogP contribution is 2.24. The summed E-state index contributed by atoms with van der Waals surface area (Å²) in [6.07, 6.45) is 1.13. The van der Waals surface area contributed by atoms with E-state index in [1.165, 1.54) is 6.33 Å². The number of hydrogen-bond acceptors (Lipinski definition) is 6. The van der Waals surface area contributed by atoms with Crippen molar-refractivity contribution in [3.8, 4) is 0 Å². The molecule has 2 saturated heterocycles. The molecule has 3 rings (SSSR count). The summed E-state index contributed by atoms with van der Waals surface area (Å²) in [7, 11) is 1.81. The molecule has 7 heteroatoms. The van der Waals surface area contributed by atoms with Crippen LogP contribution in [0.25, 0.3) is 0 Å². The number of aromatic nitrogens is 2. The molecule has 7 nitrogen and oxygen atoms in total. The molecule has 0 bridgehead atoms. The van der Waals surface area contributed by atoms with E-state index in [1.807, 2.05) is 13.1 Å². The van der Waals surface area contributed by atoms with Crippen LogP contribution in [0, 0.1) is 0 Å². The van der Waals surface area contributed by atoms with Crippen LogP contribution >= 0.6 is 0 Å². The second-order valence-electron chi connectivity index (χ2n) is 4.11. The Morgan fingerprint density at radius 1 is 1.53 bits per heavy atom. The second-order valence-corrected chi connectivity index (χ2v) is 4.11. The van der Waals surface area contributed by atoms with E-state index < -0.39 is 0 Å². The lowest BCUT2D eigenvalue weighted by Crippen LogP contribution is -2.32. The highest BCUT2D eigenvalue weighted by Gasteiger charge is 2.42. The number of hydrogen-bond donors (Lipinski definition) is 2. The van der Waals surface area contributed by atoms with Gasteiger partial charge in [-0.3, -0.25) is 0 Å². The van der Waals surface area contributed by atoms with Gasteiger partial charge in [0.25, 0.3) is 0 Å². The number of carbonyl (C=O) groups excluding carboxylic acids is 1. The average molecular weight is 235 g/mol. The Hall–Kier alpha value is -2.05. The number of nitrogens with zero attached hydrogens (tertiary/aromatic N) is 3. The molecular weight excluding hydrogens is 222 g/mol. The smallest absolute Gasteiger partial charge is 0.407 e. The van der Waals surface area contributed by atoms with Crippen LogP contribution in [0.2, 0.25) is 0 Å². The van der Waals surface area contributed by atoms with E-state index in [-0.39, 0.29) is 18.2 Å². The first-order valence-electron chi connectivity index (χ1n) is 5.48. The van der Waals surface area contributed by atoms with E-state index in [1.54, 1.807) is 0 Å². The van der Waals surface area contributed by atoms with Crippen LogP contribution in [0.3, 0.4) is 0 Å². The maximum atomic E-state index is 11.0. The van der Waals surface area contributed by atoms with E-state index in [9.17, 15) is 4.79 Å². The summed E-state index contributed by atoms with van der Waals surface area (Å²) in [4.78, 5) is 21.4. The molecular formula is C10H13N5O2. The van der Waals surface area contributed by atoms with Crippen molar-refractivity contribution < 1.29 is 9.53 Å². The molecule has 1 aromatic rings. The lowest BCUT2D eigenvalue weighted by atomic mass is 10.2. The third-order valence-corrected chi connectivity index (χ3v) is 3.06. The van der Waals surface area contributed by atoms with Crippen LogP contribution in [0.4, 0.5) is 16.4 Å². The molecule has 1 aromatic heterocycles. The van der Waals surface area contributed by atoms with Gasteiger partial charge in [-0.2, -0.15) is 0 Å². The predicted molar refractivity (Wildman–Crippen MR) is 61.0 cm³/mol. The maximum Gasteiger partial charge on any atom is 0.407 e. The average Bonchev–Trinajstić information content (AvgIpc) is 2.86. The van der Waals surface area contributed by atoms with Gasteiger partial charge < -0.3 is 20.3 Å². The number of nitrogens with one attached hydrogen (secondary N) is 2. The van der Waals surface area contributed by atoms with Crippen molar-refractivity contribution in [2.45, 2.75) is 12.1 Å². The lowest BCUT2D eigenvalue weighted by Gasteiger charge is -2.17. The van der Waals surface area contributed by atoms with Gasteiger partial charge >= 0.3 is 6.09 Å². The number of alkyl carbamates (subject to hydrolysis) is 1. The molecule has 2 aliphatic rings. The van der Waals surface area contributed by atoms with Gasteiger partial charge in [0.2, 0.25) is 0 Å². The first-order valence-corrected chi connectivity index (χ1v) is 5.48. The fraction of sp³-hybridized carbons (Fsp3) is 0.500. The van der Waals surface area contributed by atoms with E-state index in [4.69, 9.17) is 4.74 Å². The fourth-order valence-corrected chi connectivity index (χ4v) is 2.20. The van der Waals surface area contributed by atoms with Crippen LogP contribution in [-0.2, 0) is 4.74 Å². The van der Waals surface area contributed by atoms with Crippen molar-refractivity contribution in [3.05, 3.63) is 12.4 Å². The van der Waals surface area contributed by atoms with Crippen LogP contribution in [0.1, 0.15) is 0 Å². The van der Waals surface area contributed by atoms with Gasteiger partial charge in [-0.25, -0.2) is 14.8 Å². The molecule has 3 heterocycles. The van der Waals surface area contributed by atoms with Gasteiger partial charge in [0.1, 0.15) is 24.1 Å². The Kier molecular flexibility index (Phi) is 2.24. The summed E-state index contributed by atoms with van der Waals surface area (Å²) in [5.74, 6) is 1.62. The van der Waals surface area contributed by atoms with E-state index in [0.717, 1.165) is 18.2 Å². The molecule has 90 valence electrons. The quantitative estimate of drug-likeness (QED) is 0.740. The minimum absolute atomic E-state index is 0.0653. The van der Waals surface area contributed by atoms with Crippen LogP contribution in [-0.4, -0.2) is 48.3 Å². The standard InChI is InChI=1S/C10H13N5O2/c1-11-8-2-9(13-5-12-8)15-3-6-7(4-15)17-10(16)14-6/h2,5-7H,3-4H2,1H3,(H,14,16)(H,11,12,13)/t6-,7+/m0/s1. The Bertz CT molecular complexity index is 436. The van der Waals surface area contributed by atoms with Crippen molar-refractivity contribution in [3.63, 3.8) is 0 Å². The molecule has 2 fully saturated rings. The van der Waals surface area contributed by atoms with Crippen molar-refractivity contribution in [1.29, 1.82) is 0 Å². The van der Waals surface area contributed by atoms with Crippen LogP contribution in [0.5, 0.6) is 0 Å². The fourth-order valence-electron chi connectivity index (χ4n) is 2.20. The predicted octanol–water partition coefficient (Wildman–Crippen LogP) is -0.185. The number of anilines is 2. The highest BCUT2D eigenvalue weighted by atomic mass is 16.6. The van der Waals surface area contributed by atoms with Gasteiger partial charge in [-0.15, -0.1) is 0 Å². The van der Waals surface area contributed by atoms with Crippen molar-refractivity contribution in [2.24, 2.45) is 0 Å². The monoisotopic (exact) mass is 235 g/mol. The molecule has 0 radical (unpaired) electrons. The molecule has 0 aromatic carbocycles. The number of ether oxygens (including phenoxy) is 1. The molecule has 0 saturated carbocycles. The van der Waals surface area contributed by atoms with Gasteiger partial charge in [-0.1, -0.05) is 0 Å². The van der Waals surface area contributed by atoms with Crippen molar-refractivity contribution >= 4 is 17.7 Å². The number of rotatable bonds is 2. The molecule has 17 heavy (non-hydrogen) atoms. The normalized spacial score (nSPS) is 26.4. The molecule has 0 spiro atoms. The summed E-state index contributed by atoms with van der Waals surface area (Å²) in [5.41, 5.74) is 0. The second kappa shape index (κ2) is 3.76. The molecule has 0 unspecified atom stereocenters. The Morgan fingerprint density at radius 2 is 2.41 bits per heavy atom. The van der Waals surface area contributed by atoms with Crippen LogP contribution < -0.4 is 15.5 Å². The van der Waals surface area contributed by atoms with Crippen molar-refractivity contribution in [2.75, 3.05) is 30.4 Å². The minimum atomic E-state index is -0.321. The van der Waals surface area contributed by atoms with E-state index in [2.05, 4.69) is 25.5 Å². The summed E-state index contributed by atoms with van der Waals surface area (Å²) in [6.45, 7) is 1.39. The largest absolute Gasteiger partial charge is 0.442 e. The molecule has 1 amide bonds. The van der Waals surface area contributed by atoms with Gasteiger partial charge in [0.15, 0.2) is 0 Å². The minimum Gasteiger partial charge on any atom is -0.442 e. The van der Waals surface area contributed by atoms with Crippen molar-refractivity contribution in [1.82, 2.24) is 15.3 Å². The lowest BCUT2D eigenvalue weighted by molar-refractivity contribution is 0.144. The maximum absolute atomic E-state index is 11.0. The molecule has 2 N–H and O–H groups in total. The highest BCUT2D eigenvalue weighted by molar-refractivity contribution is 5.71. The van der Waals surface area contributed by atoms with E-state index >= 15 is 0 Å². The van der Waals surface area contributed by atoms with Gasteiger partial charge in [-0.05, 0) is 0 Å². The summed E-state index contributed by atoms with van der Waals surface area (Å²) in [5, 5.41) is 5.75. The zero-order valence-corrected chi connectivity index (χ0v) is 9.38. The zero-order chi connectivity index (χ0) is 11.8. The Labute approximate surface area is 98.2 Å².